The predicted octanol–water partition coefficient (Wildman–Crippen LogP) is 1.32. The van der Waals surface area contributed by atoms with E-state index in [0.717, 1.165) is 6.07 Å². The molecule has 1 aromatic carbocycles. The summed E-state index contributed by atoms with van der Waals surface area (Å²) in [7, 11) is 0. The number of hydrogen-bond donors (Lipinski definition) is 4. The van der Waals surface area contributed by atoms with Gasteiger partial charge in [0.05, 0.1) is 5.69 Å². The standard InChI is InChI=1S/C15H20FN5O3/c1-2-13(22)19-10-3-4-11(16)12(9-10)20-14(23)17-5-7-21-8-6-18-15(21)24/h3-4,9H,2,5-8H2,1H3,(H,18,24)(H,19,22)(H2,17,20,23). The number of halogens is 1. The molecule has 1 aromatic rings. The van der Waals surface area contributed by atoms with Gasteiger partial charge in [0.15, 0.2) is 0 Å². The summed E-state index contributed by atoms with van der Waals surface area (Å²) < 4.78 is 13.8. The molecular formula is C15H20FN5O3. The molecule has 0 saturated carbocycles. The zero-order valence-corrected chi connectivity index (χ0v) is 13.3. The highest BCUT2D eigenvalue weighted by molar-refractivity contribution is 5.93. The minimum atomic E-state index is -0.612. The molecule has 24 heavy (non-hydrogen) atoms. The molecule has 5 amide bonds. The second-order valence-electron chi connectivity index (χ2n) is 5.20. The van der Waals surface area contributed by atoms with E-state index in [9.17, 15) is 18.8 Å². The van der Waals surface area contributed by atoms with E-state index >= 15 is 0 Å². The molecule has 0 aliphatic carbocycles. The molecule has 8 nitrogen and oxygen atoms in total. The molecule has 1 aliphatic heterocycles. The minimum Gasteiger partial charge on any atom is -0.336 e. The molecule has 1 heterocycles. The monoisotopic (exact) mass is 337 g/mol. The van der Waals surface area contributed by atoms with Crippen molar-refractivity contribution in [1.29, 1.82) is 0 Å². The highest BCUT2D eigenvalue weighted by Gasteiger charge is 2.18. The number of nitrogens with one attached hydrogen (secondary N) is 4. The van der Waals surface area contributed by atoms with Crippen molar-refractivity contribution in [3.8, 4) is 0 Å². The van der Waals surface area contributed by atoms with Gasteiger partial charge in [-0.1, -0.05) is 6.92 Å². The van der Waals surface area contributed by atoms with Crippen molar-refractivity contribution in [3.05, 3.63) is 24.0 Å². The molecule has 0 atom stereocenters. The lowest BCUT2D eigenvalue weighted by Crippen LogP contribution is -2.38. The van der Waals surface area contributed by atoms with Gasteiger partial charge in [0.2, 0.25) is 5.91 Å². The van der Waals surface area contributed by atoms with E-state index < -0.39 is 11.8 Å². The van der Waals surface area contributed by atoms with Crippen LogP contribution >= 0.6 is 0 Å². The van der Waals surface area contributed by atoms with Crippen LogP contribution in [-0.4, -0.2) is 49.0 Å². The van der Waals surface area contributed by atoms with Gasteiger partial charge < -0.3 is 26.2 Å². The second-order valence-corrected chi connectivity index (χ2v) is 5.20. The number of carbonyl (C=O) groups excluding carboxylic acids is 3. The lowest BCUT2D eigenvalue weighted by Gasteiger charge is -2.15. The van der Waals surface area contributed by atoms with Crippen LogP contribution < -0.4 is 21.3 Å². The van der Waals surface area contributed by atoms with Gasteiger partial charge in [-0.15, -0.1) is 0 Å². The van der Waals surface area contributed by atoms with Crippen LogP contribution in [0.3, 0.4) is 0 Å². The lowest BCUT2D eigenvalue weighted by atomic mass is 10.2. The number of carbonyl (C=O) groups is 3. The number of urea groups is 2. The van der Waals surface area contributed by atoms with Crippen LogP contribution in [0.2, 0.25) is 0 Å². The molecule has 2 rings (SSSR count). The quantitative estimate of drug-likeness (QED) is 0.629. The van der Waals surface area contributed by atoms with Crippen molar-refractivity contribution in [3.63, 3.8) is 0 Å². The molecule has 1 aliphatic rings. The summed E-state index contributed by atoms with van der Waals surface area (Å²) in [6.07, 6.45) is 0.296. The number of amides is 5. The summed E-state index contributed by atoms with van der Waals surface area (Å²) >= 11 is 0. The highest BCUT2D eigenvalue weighted by atomic mass is 19.1. The summed E-state index contributed by atoms with van der Waals surface area (Å²) in [5.74, 6) is -0.820. The van der Waals surface area contributed by atoms with Gasteiger partial charge in [0, 0.05) is 38.3 Å². The molecule has 9 heteroatoms. The summed E-state index contributed by atoms with van der Waals surface area (Å²) in [4.78, 5) is 36.1. The Morgan fingerprint density at radius 1 is 1.33 bits per heavy atom. The van der Waals surface area contributed by atoms with E-state index in [2.05, 4.69) is 21.3 Å². The molecule has 130 valence electrons. The van der Waals surface area contributed by atoms with Crippen LogP contribution in [0.15, 0.2) is 18.2 Å². The average Bonchev–Trinajstić information content (AvgIpc) is 2.96. The van der Waals surface area contributed by atoms with Gasteiger partial charge in [-0.3, -0.25) is 4.79 Å². The maximum Gasteiger partial charge on any atom is 0.319 e. The fourth-order valence-corrected chi connectivity index (χ4v) is 2.14. The van der Waals surface area contributed by atoms with Crippen molar-refractivity contribution in [2.45, 2.75) is 13.3 Å². The van der Waals surface area contributed by atoms with Crippen molar-refractivity contribution >= 4 is 29.3 Å². The largest absolute Gasteiger partial charge is 0.336 e. The third-order valence-electron chi connectivity index (χ3n) is 3.43. The molecular weight excluding hydrogens is 317 g/mol. The summed E-state index contributed by atoms with van der Waals surface area (Å²) in [5, 5.41) is 10.2. The van der Waals surface area contributed by atoms with Crippen LogP contribution in [0.1, 0.15) is 13.3 Å². The summed E-state index contributed by atoms with van der Waals surface area (Å²) in [6.45, 7) is 3.50. The van der Waals surface area contributed by atoms with Gasteiger partial charge in [0.25, 0.3) is 0 Å². The Hall–Kier alpha value is -2.84. The Bertz CT molecular complexity index is 638. The van der Waals surface area contributed by atoms with E-state index in [4.69, 9.17) is 0 Å². The SMILES string of the molecule is CCC(=O)Nc1ccc(F)c(NC(=O)NCCN2CCNC2=O)c1. The first-order valence-corrected chi connectivity index (χ1v) is 7.66. The van der Waals surface area contributed by atoms with Crippen LogP contribution in [0.4, 0.5) is 25.4 Å². The fraction of sp³-hybridized carbons (Fsp3) is 0.400. The van der Waals surface area contributed by atoms with Crippen LogP contribution in [0.25, 0.3) is 0 Å². The summed E-state index contributed by atoms with van der Waals surface area (Å²) in [5.41, 5.74) is 0.354. The lowest BCUT2D eigenvalue weighted by molar-refractivity contribution is -0.115. The molecule has 4 N–H and O–H groups in total. The first-order valence-electron chi connectivity index (χ1n) is 7.66. The number of rotatable bonds is 6. The molecule has 0 radical (unpaired) electrons. The van der Waals surface area contributed by atoms with E-state index in [1.165, 1.54) is 12.1 Å². The topological polar surface area (TPSA) is 103 Å². The third-order valence-corrected chi connectivity index (χ3v) is 3.43. The normalized spacial score (nSPS) is 13.4. The zero-order chi connectivity index (χ0) is 17.5. The van der Waals surface area contributed by atoms with Gasteiger partial charge >= 0.3 is 12.1 Å². The number of hydrogen-bond acceptors (Lipinski definition) is 3. The van der Waals surface area contributed by atoms with Crippen LogP contribution in [0.5, 0.6) is 0 Å². The molecule has 1 fully saturated rings. The zero-order valence-electron chi connectivity index (χ0n) is 13.3. The Morgan fingerprint density at radius 2 is 2.12 bits per heavy atom. The van der Waals surface area contributed by atoms with Crippen molar-refractivity contribution in [1.82, 2.24) is 15.5 Å². The molecule has 0 spiro atoms. The Kier molecular flexibility index (Phi) is 5.94. The fourth-order valence-electron chi connectivity index (χ4n) is 2.14. The van der Waals surface area contributed by atoms with Crippen molar-refractivity contribution in [2.75, 3.05) is 36.8 Å². The van der Waals surface area contributed by atoms with E-state index in [0.29, 0.717) is 31.7 Å². The Labute approximate surface area is 138 Å². The predicted molar refractivity (Wildman–Crippen MR) is 87.3 cm³/mol. The average molecular weight is 337 g/mol. The molecule has 0 bridgehead atoms. The van der Waals surface area contributed by atoms with Crippen LogP contribution in [0, 0.1) is 5.82 Å². The smallest absolute Gasteiger partial charge is 0.319 e. The van der Waals surface area contributed by atoms with Crippen LogP contribution in [-0.2, 0) is 4.79 Å². The molecule has 1 saturated heterocycles. The van der Waals surface area contributed by atoms with Gasteiger partial charge in [0.1, 0.15) is 5.82 Å². The van der Waals surface area contributed by atoms with E-state index in [1.807, 2.05) is 0 Å². The molecule has 0 unspecified atom stereocenters. The van der Waals surface area contributed by atoms with Gasteiger partial charge in [-0.2, -0.15) is 0 Å². The minimum absolute atomic E-state index is 0.0414. The maximum absolute atomic E-state index is 13.8. The van der Waals surface area contributed by atoms with Crippen molar-refractivity contribution < 1.29 is 18.8 Å². The third kappa shape index (κ3) is 4.83. The maximum atomic E-state index is 13.8. The van der Waals surface area contributed by atoms with Gasteiger partial charge in [-0.25, -0.2) is 14.0 Å². The van der Waals surface area contributed by atoms with Crippen molar-refractivity contribution in [2.24, 2.45) is 0 Å². The number of benzene rings is 1. The Balaban J connectivity index is 1.85. The number of anilines is 2. The second kappa shape index (κ2) is 8.14. The highest BCUT2D eigenvalue weighted by Crippen LogP contribution is 2.19. The molecule has 0 aromatic heterocycles. The van der Waals surface area contributed by atoms with Gasteiger partial charge in [-0.05, 0) is 18.2 Å². The first-order chi connectivity index (χ1) is 11.5. The van der Waals surface area contributed by atoms with E-state index in [1.54, 1.807) is 11.8 Å². The Morgan fingerprint density at radius 3 is 2.79 bits per heavy atom. The first kappa shape index (κ1) is 17.5. The summed E-state index contributed by atoms with van der Waals surface area (Å²) in [6, 6.07) is 3.17. The van der Waals surface area contributed by atoms with E-state index in [-0.39, 0.29) is 24.2 Å². The number of nitrogens with zero attached hydrogens (tertiary/aromatic N) is 1.